The lowest BCUT2D eigenvalue weighted by Gasteiger charge is -1.86. The van der Waals surface area contributed by atoms with Gasteiger partial charge in [0.1, 0.15) is 11.4 Å². The van der Waals surface area contributed by atoms with Crippen molar-refractivity contribution in [1.82, 2.24) is 0 Å². The maximum atomic E-state index is 8.73. The Hall–Kier alpha value is -0.290. The second kappa shape index (κ2) is 3.68. The number of benzene rings is 1. The van der Waals surface area contributed by atoms with Crippen LogP contribution in [-0.2, 0) is 0 Å². The summed E-state index contributed by atoms with van der Waals surface area (Å²) in [6.07, 6.45) is 0. The quantitative estimate of drug-likeness (QED) is 0.473. The molecule has 9 heavy (non-hydrogen) atoms. The van der Waals surface area contributed by atoms with E-state index in [2.05, 4.69) is 5.73 Å². The van der Waals surface area contributed by atoms with Crippen molar-refractivity contribution in [2.24, 2.45) is 0 Å². The highest BCUT2D eigenvalue weighted by atomic mass is 127. The minimum Gasteiger partial charge on any atom is -1.00 e. The number of hydrogen-bond donors (Lipinski definition) is 2. The van der Waals surface area contributed by atoms with Gasteiger partial charge in [0.15, 0.2) is 0 Å². The molecule has 0 heterocycles. The van der Waals surface area contributed by atoms with E-state index < -0.39 is 0 Å². The van der Waals surface area contributed by atoms with E-state index in [1.165, 1.54) is 0 Å². The molecule has 1 aromatic rings. The Labute approximate surface area is 70.7 Å². The first-order chi connectivity index (χ1) is 3.79. The summed E-state index contributed by atoms with van der Waals surface area (Å²) in [6, 6.07) is 6.75. The van der Waals surface area contributed by atoms with Crippen molar-refractivity contribution in [1.29, 1.82) is 0 Å². The zero-order valence-electron chi connectivity index (χ0n) is 4.84. The fraction of sp³-hybridized carbons (Fsp3) is 0. The van der Waals surface area contributed by atoms with E-state index in [4.69, 9.17) is 5.11 Å². The zero-order chi connectivity index (χ0) is 5.98. The Morgan fingerprint density at radius 3 is 1.89 bits per heavy atom. The number of aromatic hydroxyl groups is 1. The summed E-state index contributed by atoms with van der Waals surface area (Å²) in [5, 5.41) is 8.73. The molecule has 0 aliphatic rings. The largest absolute Gasteiger partial charge is 1.00 e. The van der Waals surface area contributed by atoms with Crippen LogP contribution in [0.2, 0.25) is 0 Å². The molecule has 0 aliphatic heterocycles. The monoisotopic (exact) mass is 237 g/mol. The fourth-order valence-electron chi connectivity index (χ4n) is 0.496. The second-order valence-electron chi connectivity index (χ2n) is 1.67. The first-order valence-electron chi connectivity index (χ1n) is 2.40. The van der Waals surface area contributed by atoms with Crippen molar-refractivity contribution in [3.8, 4) is 5.75 Å². The topological polar surface area (TPSA) is 47.9 Å². The Kier molecular flexibility index (Phi) is 3.56. The zero-order valence-corrected chi connectivity index (χ0v) is 7.00. The van der Waals surface area contributed by atoms with Crippen LogP contribution < -0.4 is 29.7 Å². The van der Waals surface area contributed by atoms with Gasteiger partial charge in [-0.05, 0) is 12.1 Å². The lowest BCUT2D eigenvalue weighted by atomic mass is 10.3. The third-order valence-corrected chi connectivity index (χ3v) is 0.936. The molecular formula is C6H8INO. The molecule has 0 aromatic heterocycles. The maximum absolute atomic E-state index is 8.73. The minimum atomic E-state index is 0. The average molecular weight is 237 g/mol. The van der Waals surface area contributed by atoms with Crippen LogP contribution in [0.4, 0.5) is 5.69 Å². The van der Waals surface area contributed by atoms with Gasteiger partial charge in [-0.1, -0.05) is 0 Å². The van der Waals surface area contributed by atoms with Crippen molar-refractivity contribution >= 4 is 5.69 Å². The third kappa shape index (κ3) is 2.67. The molecule has 0 amide bonds. The number of quaternary nitrogens is 1. The number of phenolic OH excluding ortho intramolecular Hbond substituents is 1. The van der Waals surface area contributed by atoms with Crippen LogP contribution >= 0.6 is 0 Å². The summed E-state index contributed by atoms with van der Waals surface area (Å²) in [6.45, 7) is 0. The van der Waals surface area contributed by atoms with Crippen molar-refractivity contribution in [2.45, 2.75) is 0 Å². The second-order valence-corrected chi connectivity index (χ2v) is 1.67. The molecule has 0 aliphatic carbocycles. The molecule has 0 radical (unpaired) electrons. The van der Waals surface area contributed by atoms with Gasteiger partial charge in [-0.3, -0.25) is 0 Å². The number of hydrogen-bond acceptors (Lipinski definition) is 1. The lowest BCUT2D eigenvalue weighted by molar-refractivity contribution is -0.254. The smallest absolute Gasteiger partial charge is 0.128 e. The molecule has 3 heteroatoms. The van der Waals surface area contributed by atoms with Crippen molar-refractivity contribution < 1.29 is 34.8 Å². The van der Waals surface area contributed by atoms with Gasteiger partial charge in [0.25, 0.3) is 0 Å². The van der Waals surface area contributed by atoms with Crippen LogP contribution in [0.5, 0.6) is 5.75 Å². The van der Waals surface area contributed by atoms with Crippen LogP contribution in [0.15, 0.2) is 24.3 Å². The summed E-state index contributed by atoms with van der Waals surface area (Å²) >= 11 is 0. The Morgan fingerprint density at radius 2 is 1.56 bits per heavy atom. The number of rotatable bonds is 0. The van der Waals surface area contributed by atoms with E-state index in [1.54, 1.807) is 24.3 Å². The molecule has 0 saturated heterocycles. The van der Waals surface area contributed by atoms with E-state index in [0.717, 1.165) is 5.69 Å². The first kappa shape index (κ1) is 8.71. The molecule has 0 spiro atoms. The molecule has 4 N–H and O–H groups in total. The van der Waals surface area contributed by atoms with Gasteiger partial charge in [-0.2, -0.15) is 0 Å². The van der Waals surface area contributed by atoms with Gasteiger partial charge < -0.3 is 34.8 Å². The minimum absolute atomic E-state index is 0. The van der Waals surface area contributed by atoms with Crippen molar-refractivity contribution in [3.05, 3.63) is 24.3 Å². The molecule has 0 saturated carbocycles. The fourth-order valence-corrected chi connectivity index (χ4v) is 0.496. The van der Waals surface area contributed by atoms with Gasteiger partial charge in [-0.15, -0.1) is 0 Å². The van der Waals surface area contributed by atoms with Gasteiger partial charge >= 0.3 is 0 Å². The van der Waals surface area contributed by atoms with Gasteiger partial charge in [0.2, 0.25) is 0 Å². The van der Waals surface area contributed by atoms with Gasteiger partial charge in [-0.25, -0.2) is 0 Å². The van der Waals surface area contributed by atoms with Crippen molar-refractivity contribution in [3.63, 3.8) is 0 Å². The highest BCUT2D eigenvalue weighted by Crippen LogP contribution is 2.08. The Balaban J connectivity index is 0.000000640. The molecule has 0 fully saturated rings. The van der Waals surface area contributed by atoms with Gasteiger partial charge in [0.05, 0.1) is 0 Å². The standard InChI is InChI=1S/C6H7NO.HI/c7-5-1-3-6(8)4-2-5;/h1-4,8H,7H2;1H. The molecule has 50 valence electrons. The SMILES string of the molecule is [I-].[NH3+]c1ccc(O)cc1. The third-order valence-electron chi connectivity index (χ3n) is 0.936. The predicted octanol–water partition coefficient (Wildman–Crippen LogP) is -2.73. The molecule has 2 nitrogen and oxygen atoms in total. The summed E-state index contributed by atoms with van der Waals surface area (Å²) in [7, 11) is 0. The summed E-state index contributed by atoms with van der Waals surface area (Å²) < 4.78 is 0. The molecular weight excluding hydrogens is 229 g/mol. The molecule has 0 bridgehead atoms. The van der Waals surface area contributed by atoms with E-state index in [0.29, 0.717) is 0 Å². The van der Waals surface area contributed by atoms with E-state index in [9.17, 15) is 0 Å². The van der Waals surface area contributed by atoms with Crippen LogP contribution in [0, 0.1) is 0 Å². The van der Waals surface area contributed by atoms with Crippen molar-refractivity contribution in [2.75, 3.05) is 0 Å². The highest BCUT2D eigenvalue weighted by molar-refractivity contribution is 5.33. The van der Waals surface area contributed by atoms with Crippen LogP contribution in [0.1, 0.15) is 0 Å². The Morgan fingerprint density at radius 1 is 1.11 bits per heavy atom. The van der Waals surface area contributed by atoms with Crippen LogP contribution in [0.3, 0.4) is 0 Å². The summed E-state index contributed by atoms with van der Waals surface area (Å²) in [5.74, 6) is 0.289. The Bertz CT molecular complexity index is 152. The van der Waals surface area contributed by atoms with Gasteiger partial charge in [0, 0.05) is 12.1 Å². The first-order valence-corrected chi connectivity index (χ1v) is 2.40. The maximum Gasteiger partial charge on any atom is 0.128 e. The molecule has 1 aromatic carbocycles. The molecule has 0 atom stereocenters. The lowest BCUT2D eigenvalue weighted by Crippen LogP contribution is -3.00. The number of halogens is 1. The van der Waals surface area contributed by atoms with Crippen LogP contribution in [0.25, 0.3) is 0 Å². The number of phenols is 1. The van der Waals surface area contributed by atoms with Crippen LogP contribution in [-0.4, -0.2) is 5.11 Å². The van der Waals surface area contributed by atoms with E-state index in [-0.39, 0.29) is 29.7 Å². The highest BCUT2D eigenvalue weighted by Gasteiger charge is 1.85. The molecule has 1 rings (SSSR count). The summed E-state index contributed by atoms with van der Waals surface area (Å²) in [5.41, 5.74) is 4.57. The van der Waals surface area contributed by atoms with E-state index in [1.807, 2.05) is 0 Å². The normalized spacial score (nSPS) is 8.11. The molecule has 0 unspecified atom stereocenters. The van der Waals surface area contributed by atoms with E-state index >= 15 is 0 Å². The summed E-state index contributed by atoms with van der Waals surface area (Å²) in [4.78, 5) is 0. The average Bonchev–Trinajstić information content (AvgIpc) is 1.77. The predicted molar refractivity (Wildman–Crippen MR) is 30.7 cm³/mol.